The van der Waals surface area contributed by atoms with Crippen molar-refractivity contribution < 1.29 is 34.2 Å². The third kappa shape index (κ3) is 28.2. The van der Waals surface area contributed by atoms with E-state index in [1.807, 2.05) is 0 Å². The lowest BCUT2D eigenvalue weighted by Gasteiger charge is -2.39. The van der Waals surface area contributed by atoms with Crippen molar-refractivity contribution in [1.82, 2.24) is 0 Å². The maximum absolute atomic E-state index is 11.1. The van der Waals surface area contributed by atoms with E-state index in [0.717, 1.165) is 19.4 Å². The predicted octanol–water partition coefficient (Wildman–Crippen LogP) is 9.39. The van der Waals surface area contributed by atoms with Gasteiger partial charge in [0.25, 0.3) is 0 Å². The van der Waals surface area contributed by atoms with Gasteiger partial charge in [-0.15, -0.1) is 0 Å². The van der Waals surface area contributed by atoms with Crippen molar-refractivity contribution in [3.63, 3.8) is 0 Å². The Morgan fingerprint density at radius 2 is 0.714 bits per heavy atom. The topological polar surface area (TPSA) is 112 Å². The Morgan fingerprint density at radius 3 is 1.05 bits per heavy atom. The number of carboxylic acids is 3. The first-order chi connectivity index (χ1) is 20.3. The van der Waals surface area contributed by atoms with Crippen LogP contribution in [0.3, 0.4) is 0 Å². The molecule has 0 aromatic rings. The Morgan fingerprint density at radius 1 is 0.429 bits per heavy atom. The lowest BCUT2D eigenvalue weighted by atomic mass is 10.0. The smallest absolute Gasteiger partial charge is 0.303 e. The number of nitrogens with zero attached hydrogens (tertiary/aromatic N) is 1. The molecular weight excluding hydrogens is 530 g/mol. The third-order valence-corrected chi connectivity index (χ3v) is 8.44. The molecule has 0 aliphatic heterocycles. The molecule has 0 atom stereocenters. The quantitative estimate of drug-likeness (QED) is 0.0395. The van der Waals surface area contributed by atoms with Gasteiger partial charge in [-0.25, -0.2) is 0 Å². The monoisotopic (exact) mass is 596 g/mol. The fourth-order valence-electron chi connectivity index (χ4n) is 5.95. The summed E-state index contributed by atoms with van der Waals surface area (Å²) in [7, 11) is 0. The number of aliphatic carboxylic acids is 3. The molecule has 0 saturated carbocycles. The van der Waals surface area contributed by atoms with Crippen LogP contribution in [-0.4, -0.2) is 63.9 Å². The van der Waals surface area contributed by atoms with Crippen LogP contribution < -0.4 is 0 Å². The highest BCUT2D eigenvalue weighted by Gasteiger charge is 2.27. The molecule has 42 heavy (non-hydrogen) atoms. The normalized spacial score (nSPS) is 11.8. The second kappa shape index (κ2) is 29.2. The highest BCUT2D eigenvalue weighted by molar-refractivity contribution is 5.67. The van der Waals surface area contributed by atoms with E-state index in [1.54, 1.807) is 0 Å². The lowest BCUT2D eigenvalue weighted by Crippen LogP contribution is -2.51. The summed E-state index contributed by atoms with van der Waals surface area (Å²) in [4.78, 5) is 33.3. The first-order valence-corrected chi connectivity index (χ1v) is 17.5. The highest BCUT2D eigenvalue weighted by atomic mass is 16.4. The SMILES string of the molecule is CCC/C=C/CCCCCCCCCCCCCCCCCC[N+](CCCC(=O)O)(CCCC(=O)O)CCCC(=O)O. The van der Waals surface area contributed by atoms with E-state index in [9.17, 15) is 14.4 Å². The molecule has 246 valence electrons. The van der Waals surface area contributed by atoms with E-state index in [-0.39, 0.29) is 19.3 Å². The Labute approximate surface area is 257 Å². The standard InChI is InChI=1S/C35H65NO6/c1-2-3-4-5-6-7-8-9-10-11-12-13-14-15-16-17-18-19-20-21-22-29-36(30-23-26-33(37)38,31-24-27-34(39)40)32-25-28-35(41)42/h4-5H,2-3,6-32H2,1H3,(H2-,37,38,39,40,41,42)/p+1/b5-4+. The van der Waals surface area contributed by atoms with E-state index in [2.05, 4.69) is 19.1 Å². The molecule has 0 fully saturated rings. The number of quaternary nitrogens is 1. The Hall–Kier alpha value is -1.89. The van der Waals surface area contributed by atoms with Crippen LogP contribution in [0.5, 0.6) is 0 Å². The number of rotatable bonds is 33. The fourth-order valence-corrected chi connectivity index (χ4v) is 5.95. The Bertz CT molecular complexity index is 643. The van der Waals surface area contributed by atoms with Gasteiger partial charge >= 0.3 is 17.9 Å². The van der Waals surface area contributed by atoms with Crippen molar-refractivity contribution in [2.24, 2.45) is 0 Å². The summed E-state index contributed by atoms with van der Waals surface area (Å²) < 4.78 is 0.643. The number of carboxylic acid groups (broad SMARTS) is 3. The minimum atomic E-state index is -0.823. The largest absolute Gasteiger partial charge is 0.481 e. The molecule has 0 bridgehead atoms. The van der Waals surface area contributed by atoms with E-state index in [0.29, 0.717) is 43.4 Å². The average Bonchev–Trinajstić information content (AvgIpc) is 2.93. The van der Waals surface area contributed by atoms with E-state index in [1.165, 1.54) is 109 Å². The molecule has 0 saturated heterocycles. The molecule has 0 aliphatic carbocycles. The average molecular weight is 597 g/mol. The molecule has 0 unspecified atom stereocenters. The molecule has 0 heterocycles. The van der Waals surface area contributed by atoms with Gasteiger partial charge in [-0.05, 0) is 32.1 Å². The molecule has 0 amide bonds. The van der Waals surface area contributed by atoms with Crippen LogP contribution in [0.4, 0.5) is 0 Å². The van der Waals surface area contributed by atoms with Crippen LogP contribution >= 0.6 is 0 Å². The maximum Gasteiger partial charge on any atom is 0.303 e. The molecule has 7 heteroatoms. The van der Waals surface area contributed by atoms with Crippen LogP contribution in [0.25, 0.3) is 0 Å². The van der Waals surface area contributed by atoms with Crippen molar-refractivity contribution in [1.29, 1.82) is 0 Å². The van der Waals surface area contributed by atoms with Crippen molar-refractivity contribution >= 4 is 17.9 Å². The van der Waals surface area contributed by atoms with Gasteiger partial charge in [-0.2, -0.15) is 0 Å². The molecule has 0 radical (unpaired) electrons. The van der Waals surface area contributed by atoms with Crippen molar-refractivity contribution in [2.75, 3.05) is 26.2 Å². The number of unbranched alkanes of at least 4 members (excludes halogenated alkanes) is 17. The van der Waals surface area contributed by atoms with Gasteiger partial charge in [-0.1, -0.05) is 109 Å². The van der Waals surface area contributed by atoms with Gasteiger partial charge in [-0.3, -0.25) is 14.4 Å². The number of hydrogen-bond donors (Lipinski definition) is 3. The summed E-state index contributed by atoms with van der Waals surface area (Å²) in [5.41, 5.74) is 0. The first-order valence-electron chi connectivity index (χ1n) is 17.5. The predicted molar refractivity (Wildman–Crippen MR) is 173 cm³/mol. The summed E-state index contributed by atoms with van der Waals surface area (Å²) in [5, 5.41) is 27.3. The van der Waals surface area contributed by atoms with Crippen LogP contribution in [-0.2, 0) is 14.4 Å². The molecule has 0 aliphatic rings. The van der Waals surface area contributed by atoms with Crippen molar-refractivity contribution in [3.8, 4) is 0 Å². The summed E-state index contributed by atoms with van der Waals surface area (Å²) in [6, 6.07) is 0. The molecule has 0 aromatic carbocycles. The zero-order valence-corrected chi connectivity index (χ0v) is 27.2. The van der Waals surface area contributed by atoms with E-state index in [4.69, 9.17) is 15.3 Å². The number of allylic oxidation sites excluding steroid dienone is 2. The first kappa shape index (κ1) is 40.1. The van der Waals surface area contributed by atoms with Crippen molar-refractivity contribution in [3.05, 3.63) is 12.2 Å². The zero-order chi connectivity index (χ0) is 31.2. The van der Waals surface area contributed by atoms with Crippen molar-refractivity contribution in [2.45, 2.75) is 167 Å². The van der Waals surface area contributed by atoms with E-state index < -0.39 is 17.9 Å². The van der Waals surface area contributed by atoms with E-state index >= 15 is 0 Å². The van der Waals surface area contributed by atoms with Crippen LogP contribution in [0.1, 0.15) is 167 Å². The van der Waals surface area contributed by atoms with Crippen LogP contribution in [0, 0.1) is 0 Å². The molecule has 0 spiro atoms. The lowest BCUT2D eigenvalue weighted by molar-refractivity contribution is -0.929. The molecule has 3 N–H and O–H groups in total. The summed E-state index contributed by atoms with van der Waals surface area (Å²) in [6.45, 7) is 5.10. The van der Waals surface area contributed by atoms with Gasteiger partial charge < -0.3 is 19.8 Å². The third-order valence-electron chi connectivity index (χ3n) is 8.44. The highest BCUT2D eigenvalue weighted by Crippen LogP contribution is 2.19. The summed E-state index contributed by atoms with van der Waals surface area (Å²) in [5.74, 6) is -2.47. The fraction of sp³-hybridized carbons (Fsp3) is 0.857. The number of carbonyl (C=O) groups is 3. The van der Waals surface area contributed by atoms with Gasteiger partial charge in [0, 0.05) is 19.3 Å². The van der Waals surface area contributed by atoms with Gasteiger partial charge in [0.05, 0.1) is 45.4 Å². The van der Waals surface area contributed by atoms with Gasteiger partial charge in [0.15, 0.2) is 0 Å². The maximum atomic E-state index is 11.1. The second-order valence-electron chi connectivity index (χ2n) is 12.4. The van der Waals surface area contributed by atoms with Gasteiger partial charge in [0.1, 0.15) is 0 Å². The minimum Gasteiger partial charge on any atom is -0.481 e. The molecular formula is C35H66NO6+. The minimum absolute atomic E-state index is 0.0926. The molecule has 0 rings (SSSR count). The number of hydrogen-bond acceptors (Lipinski definition) is 3. The zero-order valence-electron chi connectivity index (χ0n) is 27.2. The van der Waals surface area contributed by atoms with Gasteiger partial charge in [0.2, 0.25) is 0 Å². The molecule has 7 nitrogen and oxygen atoms in total. The van der Waals surface area contributed by atoms with Crippen LogP contribution in [0.15, 0.2) is 12.2 Å². The molecule has 0 aromatic heterocycles. The Kier molecular flexibility index (Phi) is 27.9. The summed E-state index contributed by atoms with van der Waals surface area (Å²) in [6.07, 6.45) is 31.2. The van der Waals surface area contributed by atoms with Crippen LogP contribution in [0.2, 0.25) is 0 Å². The second-order valence-corrected chi connectivity index (χ2v) is 12.4. The summed E-state index contributed by atoms with van der Waals surface area (Å²) >= 11 is 0. The Balaban J connectivity index is 4.01.